The molecule has 0 aliphatic heterocycles. The minimum atomic E-state index is -0.728. The van der Waals surface area contributed by atoms with E-state index in [2.05, 4.69) is 0 Å². The zero-order valence-corrected chi connectivity index (χ0v) is 22.1. The van der Waals surface area contributed by atoms with Gasteiger partial charge in [-0.3, -0.25) is 0 Å². The molecule has 2 fully saturated rings. The first kappa shape index (κ1) is 29.5. The second kappa shape index (κ2) is 15.4. The highest BCUT2D eigenvalue weighted by atomic mass is 16.6. The Kier molecular flexibility index (Phi) is 12.6. The highest BCUT2D eigenvalue weighted by molar-refractivity contribution is 5.91. The van der Waals surface area contributed by atoms with Crippen molar-refractivity contribution in [1.82, 2.24) is 9.80 Å². The number of ether oxygens (including phenoxy) is 4. The highest BCUT2D eigenvalue weighted by Crippen LogP contribution is 2.22. The van der Waals surface area contributed by atoms with Gasteiger partial charge in [0.15, 0.2) is 0 Å². The number of carbonyl (C=O) groups excluding carboxylic acids is 4. The molecule has 0 spiro atoms. The summed E-state index contributed by atoms with van der Waals surface area (Å²) in [6.07, 6.45) is 11.1. The van der Waals surface area contributed by atoms with Crippen LogP contribution in [-0.2, 0) is 28.5 Å². The van der Waals surface area contributed by atoms with Crippen LogP contribution >= 0.6 is 0 Å². The van der Waals surface area contributed by atoms with Gasteiger partial charge in [-0.2, -0.15) is 0 Å². The molecule has 0 bridgehead atoms. The van der Waals surface area contributed by atoms with Crippen molar-refractivity contribution in [1.29, 1.82) is 0 Å². The summed E-state index contributed by atoms with van der Waals surface area (Å²) in [4.78, 5) is 51.3. The zero-order chi connectivity index (χ0) is 26.5. The maximum atomic E-state index is 12.3. The molecule has 2 amide bonds. The number of hydrogen-bond donors (Lipinski definition) is 0. The van der Waals surface area contributed by atoms with Crippen molar-refractivity contribution in [2.24, 2.45) is 0 Å². The fourth-order valence-corrected chi connectivity index (χ4v) is 4.04. The standard InChI is InChI=1S/C26H42N2O8/c1-19(27(3)25(31)35-21-11-7-5-8-12-21)17-33-23(29)15-16-24(30)34-18-20(2)28(4)26(32)36-22-13-9-6-10-14-22/h15-16,19-22H,5-14,17-18H2,1-4H3/b16-15+/t19-,20-/m0/s1. The molecule has 36 heavy (non-hydrogen) atoms. The monoisotopic (exact) mass is 510 g/mol. The normalized spacial score (nSPS) is 18.7. The quantitative estimate of drug-likeness (QED) is 0.244. The lowest BCUT2D eigenvalue weighted by molar-refractivity contribution is -0.141. The molecule has 0 heterocycles. The molecule has 2 aliphatic carbocycles. The molecule has 2 aliphatic rings. The van der Waals surface area contributed by atoms with E-state index in [0.29, 0.717) is 0 Å². The number of esters is 2. The van der Waals surface area contributed by atoms with Gasteiger partial charge in [-0.05, 0) is 65.2 Å². The minimum Gasteiger partial charge on any atom is -0.460 e. The third-order valence-corrected chi connectivity index (χ3v) is 6.83. The van der Waals surface area contributed by atoms with Crippen LogP contribution in [0.15, 0.2) is 12.2 Å². The second-order valence-electron chi connectivity index (χ2n) is 9.80. The molecule has 2 saturated carbocycles. The third kappa shape index (κ3) is 10.5. The van der Waals surface area contributed by atoms with Gasteiger partial charge in [0, 0.05) is 26.2 Å². The highest BCUT2D eigenvalue weighted by Gasteiger charge is 2.25. The van der Waals surface area contributed by atoms with Crippen LogP contribution in [0.1, 0.15) is 78.1 Å². The number of rotatable bonds is 10. The van der Waals surface area contributed by atoms with Gasteiger partial charge >= 0.3 is 24.1 Å². The van der Waals surface area contributed by atoms with Gasteiger partial charge in [-0.15, -0.1) is 0 Å². The summed E-state index contributed by atoms with van der Waals surface area (Å²) in [5, 5.41) is 0. The van der Waals surface area contributed by atoms with E-state index in [9.17, 15) is 19.2 Å². The van der Waals surface area contributed by atoms with Crippen molar-refractivity contribution < 1.29 is 38.1 Å². The molecule has 0 saturated heterocycles. The first-order valence-electron chi connectivity index (χ1n) is 13.1. The predicted molar refractivity (Wildman–Crippen MR) is 132 cm³/mol. The Morgan fingerprint density at radius 2 is 1.00 bits per heavy atom. The van der Waals surface area contributed by atoms with Crippen LogP contribution in [0.3, 0.4) is 0 Å². The lowest BCUT2D eigenvalue weighted by Crippen LogP contribution is -2.40. The minimum absolute atomic E-state index is 0.0422. The van der Waals surface area contributed by atoms with Crippen LogP contribution in [-0.4, -0.2) is 85.5 Å². The molecule has 0 unspecified atom stereocenters. The average molecular weight is 511 g/mol. The molecule has 0 aromatic carbocycles. The maximum absolute atomic E-state index is 12.3. The Balaban J connectivity index is 1.64. The van der Waals surface area contributed by atoms with E-state index >= 15 is 0 Å². The van der Waals surface area contributed by atoms with Crippen LogP contribution in [0.4, 0.5) is 9.59 Å². The van der Waals surface area contributed by atoms with Crippen molar-refractivity contribution in [3.8, 4) is 0 Å². The molecule has 0 aromatic heterocycles. The Morgan fingerprint density at radius 1 is 0.667 bits per heavy atom. The lowest BCUT2D eigenvalue weighted by Gasteiger charge is -2.28. The predicted octanol–water partition coefficient (Wildman–Crippen LogP) is 4.21. The summed E-state index contributed by atoms with van der Waals surface area (Å²) in [5.41, 5.74) is 0. The fourth-order valence-electron chi connectivity index (χ4n) is 4.04. The number of hydrogen-bond acceptors (Lipinski definition) is 8. The number of nitrogens with zero attached hydrogens (tertiary/aromatic N) is 2. The van der Waals surface area contributed by atoms with E-state index in [-0.39, 0.29) is 25.4 Å². The van der Waals surface area contributed by atoms with Crippen molar-refractivity contribution in [2.45, 2.75) is 102 Å². The third-order valence-electron chi connectivity index (χ3n) is 6.83. The summed E-state index contributed by atoms with van der Waals surface area (Å²) < 4.78 is 21.3. The molecule has 0 aromatic rings. The average Bonchev–Trinajstić information content (AvgIpc) is 2.89. The van der Waals surface area contributed by atoms with Crippen LogP contribution in [0.25, 0.3) is 0 Å². The van der Waals surface area contributed by atoms with Crippen molar-refractivity contribution in [2.75, 3.05) is 27.3 Å². The molecule has 2 atom stereocenters. The van der Waals surface area contributed by atoms with Gasteiger partial charge in [0.05, 0.1) is 12.1 Å². The van der Waals surface area contributed by atoms with E-state index in [0.717, 1.165) is 63.5 Å². The molecule has 2 rings (SSSR count). The first-order chi connectivity index (χ1) is 17.2. The summed E-state index contributed by atoms with van der Waals surface area (Å²) in [6.45, 7) is 3.40. The summed E-state index contributed by atoms with van der Waals surface area (Å²) in [6, 6.07) is -0.787. The molecule has 204 valence electrons. The number of carbonyl (C=O) groups is 4. The van der Waals surface area contributed by atoms with Crippen LogP contribution < -0.4 is 0 Å². The smallest absolute Gasteiger partial charge is 0.410 e. The second-order valence-corrected chi connectivity index (χ2v) is 9.80. The molecule has 0 N–H and O–H groups in total. The number of amides is 2. The van der Waals surface area contributed by atoms with Gasteiger partial charge in [0.1, 0.15) is 25.4 Å². The molecule has 0 radical (unpaired) electrons. The van der Waals surface area contributed by atoms with E-state index < -0.39 is 36.2 Å². The Labute approximate surface area is 214 Å². The maximum Gasteiger partial charge on any atom is 0.410 e. The summed E-state index contributed by atoms with van der Waals surface area (Å²) >= 11 is 0. The van der Waals surface area contributed by atoms with Gasteiger partial charge in [-0.25, -0.2) is 19.2 Å². The van der Waals surface area contributed by atoms with Gasteiger partial charge in [-0.1, -0.05) is 12.8 Å². The van der Waals surface area contributed by atoms with Gasteiger partial charge in [0.25, 0.3) is 0 Å². The van der Waals surface area contributed by atoms with Gasteiger partial charge < -0.3 is 28.7 Å². The SMILES string of the molecule is C[C@@H](COC(=O)/C=C/C(=O)OC[C@H](C)N(C)C(=O)OC1CCCCC1)N(C)C(=O)OC1CCCCC1. The topological polar surface area (TPSA) is 112 Å². The molecular weight excluding hydrogens is 468 g/mol. The van der Waals surface area contributed by atoms with E-state index in [1.165, 1.54) is 22.6 Å². The Morgan fingerprint density at radius 3 is 1.33 bits per heavy atom. The molecule has 10 heteroatoms. The van der Waals surface area contributed by atoms with E-state index in [1.807, 2.05) is 0 Å². The van der Waals surface area contributed by atoms with Crippen LogP contribution in [0.2, 0.25) is 0 Å². The van der Waals surface area contributed by atoms with E-state index in [1.54, 1.807) is 27.9 Å². The van der Waals surface area contributed by atoms with Crippen molar-refractivity contribution >= 4 is 24.1 Å². The first-order valence-corrected chi connectivity index (χ1v) is 13.1. The summed E-state index contributed by atoms with van der Waals surface area (Å²) in [7, 11) is 3.19. The van der Waals surface area contributed by atoms with Crippen LogP contribution in [0, 0.1) is 0 Å². The fraction of sp³-hybridized carbons (Fsp3) is 0.769. The molecular formula is C26H42N2O8. The van der Waals surface area contributed by atoms with Crippen molar-refractivity contribution in [3.63, 3.8) is 0 Å². The Hall–Kier alpha value is -2.78. The molecule has 10 nitrogen and oxygen atoms in total. The van der Waals surface area contributed by atoms with Crippen molar-refractivity contribution in [3.05, 3.63) is 12.2 Å². The van der Waals surface area contributed by atoms with Gasteiger partial charge in [0.2, 0.25) is 0 Å². The number of likely N-dealkylation sites (N-methyl/N-ethyl adjacent to an activating group) is 2. The van der Waals surface area contributed by atoms with Crippen LogP contribution in [0.5, 0.6) is 0 Å². The largest absolute Gasteiger partial charge is 0.460 e. The van der Waals surface area contributed by atoms with E-state index in [4.69, 9.17) is 18.9 Å². The lowest BCUT2D eigenvalue weighted by atomic mass is 9.98. The Bertz CT molecular complexity index is 697. The summed E-state index contributed by atoms with van der Waals surface area (Å²) in [5.74, 6) is -1.46. The zero-order valence-electron chi connectivity index (χ0n) is 22.1.